The molecular weight excluding hydrogens is 617 g/mol. The number of anilines is 1. The molecule has 1 saturated heterocycles. The van der Waals surface area contributed by atoms with E-state index in [9.17, 15) is 13.2 Å². The minimum Gasteiger partial charge on any atom is -0.497 e. The molecule has 1 saturated carbocycles. The van der Waals surface area contributed by atoms with Crippen molar-refractivity contribution in [1.82, 2.24) is 9.72 Å². The standard InChI is InChI=1S/C33H30FN3O8S/c1-41-24-6-3-21(4-7-24)20-36(31-11-12-45-35-31)46(39,40)25-8-9-28-22(15-25)5-10-32(38)37(28)29-17-27(34)26(16-30(29)42-2)23-18-33(19-23)43-13-14-44-33/h3-12,15-17,23H,13-14,18-20H2,1-2H3. The van der Waals surface area contributed by atoms with Gasteiger partial charge in [0.2, 0.25) is 0 Å². The van der Waals surface area contributed by atoms with Crippen LogP contribution in [0.5, 0.6) is 11.5 Å². The van der Waals surface area contributed by atoms with Gasteiger partial charge in [0, 0.05) is 36.4 Å². The van der Waals surface area contributed by atoms with E-state index in [1.54, 1.807) is 37.4 Å². The van der Waals surface area contributed by atoms with E-state index in [-0.39, 0.29) is 28.9 Å². The molecule has 0 amide bonds. The Hall–Kier alpha value is -4.72. The molecule has 0 atom stereocenters. The highest BCUT2D eigenvalue weighted by atomic mass is 32.2. The number of rotatable bonds is 9. The summed E-state index contributed by atoms with van der Waals surface area (Å²) in [5.74, 6) is -0.220. The van der Waals surface area contributed by atoms with Crippen LogP contribution in [-0.4, -0.2) is 51.4 Å². The fourth-order valence-electron chi connectivity index (χ4n) is 6.13. The van der Waals surface area contributed by atoms with E-state index in [2.05, 4.69) is 5.16 Å². The van der Waals surface area contributed by atoms with Crippen LogP contribution in [0.2, 0.25) is 0 Å². The van der Waals surface area contributed by atoms with E-state index in [1.807, 2.05) is 0 Å². The van der Waals surface area contributed by atoms with Crippen molar-refractivity contribution in [3.63, 3.8) is 0 Å². The monoisotopic (exact) mass is 647 g/mol. The second kappa shape index (κ2) is 11.6. The van der Waals surface area contributed by atoms with E-state index in [4.69, 9.17) is 23.5 Å². The number of pyridine rings is 1. The van der Waals surface area contributed by atoms with Gasteiger partial charge >= 0.3 is 0 Å². The first-order valence-electron chi connectivity index (χ1n) is 14.6. The van der Waals surface area contributed by atoms with E-state index < -0.39 is 27.2 Å². The maximum atomic E-state index is 15.6. The lowest BCUT2D eigenvalue weighted by atomic mass is 9.74. The number of hydrogen-bond acceptors (Lipinski definition) is 9. The van der Waals surface area contributed by atoms with Gasteiger partial charge in [-0.25, -0.2) is 17.1 Å². The van der Waals surface area contributed by atoms with E-state index in [1.165, 1.54) is 60.4 Å². The largest absolute Gasteiger partial charge is 0.497 e. The summed E-state index contributed by atoms with van der Waals surface area (Å²) in [6, 6.07) is 18.6. The third kappa shape index (κ3) is 5.19. The molecule has 2 fully saturated rings. The number of sulfonamides is 1. The average Bonchev–Trinajstić information content (AvgIpc) is 3.76. The molecule has 5 aromatic rings. The van der Waals surface area contributed by atoms with E-state index in [0.717, 1.165) is 4.31 Å². The van der Waals surface area contributed by atoms with Crippen molar-refractivity contribution in [2.75, 3.05) is 31.7 Å². The van der Waals surface area contributed by atoms with Crippen molar-refractivity contribution < 1.29 is 36.3 Å². The maximum absolute atomic E-state index is 15.6. The Balaban J connectivity index is 1.26. The summed E-state index contributed by atoms with van der Waals surface area (Å²) in [6.45, 7) is 1.01. The van der Waals surface area contributed by atoms with Gasteiger partial charge in [0.1, 0.15) is 23.6 Å². The first-order valence-corrected chi connectivity index (χ1v) is 16.0. The summed E-state index contributed by atoms with van der Waals surface area (Å²) in [5, 5.41) is 4.32. The Labute approximate surface area is 263 Å². The fourth-order valence-corrected chi connectivity index (χ4v) is 7.56. The Morgan fingerprint density at radius 1 is 0.978 bits per heavy atom. The number of hydrogen-bond donors (Lipinski definition) is 0. The third-order valence-electron chi connectivity index (χ3n) is 8.53. The number of methoxy groups -OCH3 is 2. The van der Waals surface area contributed by atoms with Crippen LogP contribution in [0.3, 0.4) is 0 Å². The number of nitrogens with zero attached hydrogens (tertiary/aromatic N) is 3. The van der Waals surface area contributed by atoms with Crippen molar-refractivity contribution in [3.05, 3.63) is 106 Å². The lowest BCUT2D eigenvalue weighted by Crippen LogP contribution is -2.43. The Morgan fingerprint density at radius 3 is 2.41 bits per heavy atom. The van der Waals surface area contributed by atoms with Crippen LogP contribution in [0, 0.1) is 5.82 Å². The summed E-state index contributed by atoms with van der Waals surface area (Å²) in [5.41, 5.74) is 1.28. The van der Waals surface area contributed by atoms with Gasteiger partial charge in [-0.05, 0) is 59.5 Å². The smallest absolute Gasteiger partial charge is 0.265 e. The second-order valence-electron chi connectivity index (χ2n) is 11.2. The van der Waals surface area contributed by atoms with Crippen LogP contribution in [-0.2, 0) is 26.0 Å². The number of halogens is 1. The zero-order chi connectivity index (χ0) is 32.1. The molecule has 0 unspecified atom stereocenters. The minimum absolute atomic E-state index is 0.0282. The summed E-state index contributed by atoms with van der Waals surface area (Å²) in [4.78, 5) is 13.2. The highest BCUT2D eigenvalue weighted by Crippen LogP contribution is 2.51. The molecular formula is C33H30FN3O8S. The fraction of sp³-hybridized carbons (Fsp3) is 0.273. The van der Waals surface area contributed by atoms with Crippen LogP contribution >= 0.6 is 0 Å². The van der Waals surface area contributed by atoms with E-state index >= 15 is 4.39 Å². The number of benzene rings is 3. The molecule has 1 aliphatic carbocycles. The zero-order valence-electron chi connectivity index (χ0n) is 25.0. The quantitative estimate of drug-likeness (QED) is 0.214. The first kappa shape index (κ1) is 30.0. The van der Waals surface area contributed by atoms with Crippen LogP contribution in [0.1, 0.15) is 29.9 Å². The lowest BCUT2D eigenvalue weighted by molar-refractivity contribution is -0.215. The molecule has 1 aliphatic heterocycles. The van der Waals surface area contributed by atoms with Gasteiger partial charge in [-0.3, -0.25) is 9.36 Å². The van der Waals surface area contributed by atoms with Gasteiger partial charge in [-0.2, -0.15) is 0 Å². The van der Waals surface area contributed by atoms with Crippen molar-refractivity contribution in [2.24, 2.45) is 0 Å². The zero-order valence-corrected chi connectivity index (χ0v) is 25.8. The molecule has 2 aromatic heterocycles. The summed E-state index contributed by atoms with van der Waals surface area (Å²) in [7, 11) is -1.17. The summed E-state index contributed by atoms with van der Waals surface area (Å²) < 4.78 is 73.5. The Bertz CT molecular complexity index is 2070. The van der Waals surface area contributed by atoms with Gasteiger partial charge in [0.25, 0.3) is 15.6 Å². The molecule has 11 nitrogen and oxygen atoms in total. The van der Waals surface area contributed by atoms with Gasteiger partial charge in [-0.1, -0.05) is 17.3 Å². The molecule has 7 rings (SSSR count). The highest BCUT2D eigenvalue weighted by Gasteiger charge is 2.50. The topological polar surface area (TPSA) is 122 Å². The SMILES string of the molecule is COc1ccc(CN(c2ccon2)S(=O)(=O)c2ccc3c(ccc(=O)n3-c3cc(F)c(C4CC5(C4)OCCO5)cc3OC)c2)cc1. The minimum atomic E-state index is -4.17. The molecule has 3 aromatic carbocycles. The Kier molecular flexibility index (Phi) is 7.54. The molecule has 46 heavy (non-hydrogen) atoms. The van der Waals surface area contributed by atoms with Crippen LogP contribution in [0.25, 0.3) is 16.6 Å². The van der Waals surface area contributed by atoms with Crippen molar-refractivity contribution in [1.29, 1.82) is 0 Å². The predicted molar refractivity (Wildman–Crippen MR) is 166 cm³/mol. The third-order valence-corrected chi connectivity index (χ3v) is 10.3. The molecule has 1 spiro atoms. The van der Waals surface area contributed by atoms with Crippen molar-refractivity contribution in [3.8, 4) is 17.2 Å². The summed E-state index contributed by atoms with van der Waals surface area (Å²) in [6.07, 6.45) is 2.35. The first-order chi connectivity index (χ1) is 22.2. The lowest BCUT2D eigenvalue weighted by Gasteiger charge is -2.43. The predicted octanol–water partition coefficient (Wildman–Crippen LogP) is 5.15. The highest BCUT2D eigenvalue weighted by molar-refractivity contribution is 7.92. The maximum Gasteiger partial charge on any atom is 0.265 e. The Morgan fingerprint density at radius 2 is 1.74 bits per heavy atom. The molecule has 0 bridgehead atoms. The number of fused-ring (bicyclic) bond motifs is 1. The molecule has 0 N–H and O–H groups in total. The van der Waals surface area contributed by atoms with Crippen molar-refractivity contribution >= 4 is 26.7 Å². The van der Waals surface area contributed by atoms with Crippen LogP contribution in [0.15, 0.2) is 93.3 Å². The molecule has 238 valence electrons. The molecule has 3 heterocycles. The van der Waals surface area contributed by atoms with Gasteiger partial charge in [0.15, 0.2) is 11.6 Å². The molecule has 0 radical (unpaired) electrons. The van der Waals surface area contributed by atoms with Crippen molar-refractivity contribution in [2.45, 2.75) is 36.0 Å². The molecule has 2 aliphatic rings. The average molecular weight is 648 g/mol. The molecule has 13 heteroatoms. The van der Waals surface area contributed by atoms with Crippen LogP contribution < -0.4 is 19.3 Å². The van der Waals surface area contributed by atoms with E-state index in [0.29, 0.717) is 59.6 Å². The number of aromatic nitrogens is 2. The van der Waals surface area contributed by atoms with Gasteiger partial charge in [-0.15, -0.1) is 0 Å². The normalized spacial score (nSPS) is 16.1. The van der Waals surface area contributed by atoms with Gasteiger partial charge in [0.05, 0.1) is 50.1 Å². The second-order valence-corrected chi connectivity index (χ2v) is 13.1. The number of ether oxygens (including phenoxy) is 4. The van der Waals surface area contributed by atoms with Crippen LogP contribution in [0.4, 0.5) is 10.2 Å². The van der Waals surface area contributed by atoms with Gasteiger partial charge < -0.3 is 23.5 Å². The summed E-state index contributed by atoms with van der Waals surface area (Å²) >= 11 is 0.